The number of thiazole rings is 1. The van der Waals surface area contributed by atoms with Crippen molar-refractivity contribution in [2.24, 2.45) is 4.99 Å². The van der Waals surface area contributed by atoms with Crippen molar-refractivity contribution in [2.75, 3.05) is 19.1 Å². The third kappa shape index (κ3) is 4.26. The molecule has 0 spiro atoms. The molecule has 0 radical (unpaired) electrons. The fourth-order valence-electron chi connectivity index (χ4n) is 2.58. The monoisotopic (exact) mass is 420 g/mol. The Labute approximate surface area is 169 Å². The Morgan fingerprint density at radius 1 is 1.26 bits per heavy atom. The van der Waals surface area contributed by atoms with Gasteiger partial charge in [0.2, 0.25) is 0 Å². The van der Waals surface area contributed by atoms with Crippen molar-refractivity contribution in [3.63, 3.8) is 0 Å². The summed E-state index contributed by atoms with van der Waals surface area (Å²) in [5.74, 6) is 0.0859. The van der Waals surface area contributed by atoms with Gasteiger partial charge in [-0.3, -0.25) is 4.79 Å². The molecule has 0 saturated heterocycles. The minimum atomic E-state index is -0.397. The summed E-state index contributed by atoms with van der Waals surface area (Å²) in [7, 11) is 1.35. The molecule has 0 atom stereocenters. The predicted molar refractivity (Wildman–Crippen MR) is 111 cm³/mol. The average molecular weight is 421 g/mol. The smallest absolute Gasteiger partial charge is 0.337 e. The number of thioether (sulfide) groups is 1. The lowest BCUT2D eigenvalue weighted by Gasteiger charge is -2.05. The Bertz CT molecular complexity index is 1070. The SMILES string of the molecule is COC(=O)c1ccc2c(c1)sc(=NC(=O)c1ccccc1Cl)n2CCSC. The van der Waals surface area contributed by atoms with Crippen LogP contribution in [0, 0.1) is 0 Å². The highest BCUT2D eigenvalue weighted by Gasteiger charge is 2.13. The van der Waals surface area contributed by atoms with Gasteiger partial charge in [-0.05, 0) is 36.6 Å². The highest BCUT2D eigenvalue weighted by Crippen LogP contribution is 2.21. The molecule has 0 aliphatic rings. The molecule has 1 aromatic heterocycles. The summed E-state index contributed by atoms with van der Waals surface area (Å²) in [5.41, 5.74) is 1.75. The summed E-state index contributed by atoms with van der Waals surface area (Å²) in [6, 6.07) is 12.2. The van der Waals surface area contributed by atoms with E-state index in [9.17, 15) is 9.59 Å². The van der Waals surface area contributed by atoms with Gasteiger partial charge < -0.3 is 9.30 Å². The number of carbonyl (C=O) groups excluding carboxylic acids is 2. The quantitative estimate of drug-likeness (QED) is 0.579. The van der Waals surface area contributed by atoms with Crippen LogP contribution >= 0.6 is 34.7 Å². The molecule has 0 fully saturated rings. The van der Waals surface area contributed by atoms with E-state index in [4.69, 9.17) is 16.3 Å². The lowest BCUT2D eigenvalue weighted by atomic mass is 10.2. The number of fused-ring (bicyclic) bond motifs is 1. The highest BCUT2D eigenvalue weighted by atomic mass is 35.5. The molecule has 3 rings (SSSR count). The summed E-state index contributed by atoms with van der Waals surface area (Å²) in [4.78, 5) is 29.3. The number of carbonyl (C=O) groups is 2. The molecule has 0 aliphatic heterocycles. The topological polar surface area (TPSA) is 60.7 Å². The first-order valence-electron chi connectivity index (χ1n) is 8.09. The number of halogens is 1. The van der Waals surface area contributed by atoms with Gasteiger partial charge in [0.05, 0.1) is 33.5 Å². The molecular formula is C19H17ClN2O3S2. The molecule has 0 bridgehead atoms. The lowest BCUT2D eigenvalue weighted by molar-refractivity contribution is 0.0601. The van der Waals surface area contributed by atoms with E-state index in [1.807, 2.05) is 16.9 Å². The van der Waals surface area contributed by atoms with E-state index >= 15 is 0 Å². The molecule has 140 valence electrons. The first kappa shape index (κ1) is 19.7. The second-order valence-electron chi connectivity index (χ2n) is 5.60. The number of rotatable bonds is 5. The van der Waals surface area contributed by atoms with Crippen LogP contribution in [0.2, 0.25) is 5.02 Å². The minimum absolute atomic E-state index is 0.364. The number of amides is 1. The summed E-state index contributed by atoms with van der Waals surface area (Å²) >= 11 is 9.19. The van der Waals surface area contributed by atoms with Crippen LogP contribution < -0.4 is 4.80 Å². The van der Waals surface area contributed by atoms with Crippen molar-refractivity contribution in [2.45, 2.75) is 6.54 Å². The van der Waals surface area contributed by atoms with Crippen LogP contribution in [-0.4, -0.2) is 35.6 Å². The van der Waals surface area contributed by atoms with Crippen LogP contribution in [0.15, 0.2) is 47.5 Å². The van der Waals surface area contributed by atoms with Gasteiger partial charge in [0.25, 0.3) is 5.91 Å². The maximum Gasteiger partial charge on any atom is 0.337 e. The van der Waals surface area contributed by atoms with Crippen LogP contribution in [0.3, 0.4) is 0 Å². The largest absolute Gasteiger partial charge is 0.465 e. The molecule has 0 unspecified atom stereocenters. The van der Waals surface area contributed by atoms with Crippen LogP contribution in [0.25, 0.3) is 10.2 Å². The van der Waals surface area contributed by atoms with Crippen LogP contribution in [0.1, 0.15) is 20.7 Å². The first-order chi connectivity index (χ1) is 13.0. The molecule has 27 heavy (non-hydrogen) atoms. The standard InChI is InChI=1S/C19H17ClN2O3S2/c1-25-18(24)12-7-8-15-16(11-12)27-19(22(15)9-10-26-2)21-17(23)13-5-3-4-6-14(13)20/h3-8,11H,9-10H2,1-2H3. The normalized spacial score (nSPS) is 11.7. The van der Waals surface area contributed by atoms with Gasteiger partial charge in [-0.2, -0.15) is 16.8 Å². The number of benzene rings is 2. The van der Waals surface area contributed by atoms with Crippen molar-refractivity contribution in [3.8, 4) is 0 Å². The Kier molecular flexibility index (Phi) is 6.36. The fraction of sp³-hybridized carbons (Fsp3) is 0.211. The van der Waals surface area contributed by atoms with Gasteiger partial charge in [-0.25, -0.2) is 4.79 Å². The molecule has 1 heterocycles. The van der Waals surface area contributed by atoms with Crippen molar-refractivity contribution in [1.82, 2.24) is 4.57 Å². The minimum Gasteiger partial charge on any atom is -0.465 e. The van der Waals surface area contributed by atoms with E-state index in [0.717, 1.165) is 16.0 Å². The van der Waals surface area contributed by atoms with E-state index in [1.54, 1.807) is 48.2 Å². The van der Waals surface area contributed by atoms with Crippen LogP contribution in [0.5, 0.6) is 0 Å². The zero-order valence-corrected chi connectivity index (χ0v) is 17.2. The van der Waals surface area contributed by atoms with Gasteiger partial charge in [-0.1, -0.05) is 35.1 Å². The second kappa shape index (κ2) is 8.73. The van der Waals surface area contributed by atoms with E-state index < -0.39 is 11.9 Å². The molecular weight excluding hydrogens is 404 g/mol. The Hall–Kier alpha value is -2.09. The maximum absolute atomic E-state index is 12.6. The third-order valence-electron chi connectivity index (χ3n) is 3.92. The Morgan fingerprint density at radius 3 is 2.74 bits per heavy atom. The molecule has 3 aromatic rings. The molecule has 0 aliphatic carbocycles. The highest BCUT2D eigenvalue weighted by molar-refractivity contribution is 7.98. The number of hydrogen-bond donors (Lipinski definition) is 0. The molecule has 8 heteroatoms. The predicted octanol–water partition coefficient (Wildman–Crippen LogP) is 4.25. The maximum atomic E-state index is 12.6. The summed E-state index contributed by atoms with van der Waals surface area (Å²) < 4.78 is 7.64. The number of aromatic nitrogens is 1. The van der Waals surface area contributed by atoms with Crippen molar-refractivity contribution in [3.05, 3.63) is 63.4 Å². The van der Waals surface area contributed by atoms with Crippen molar-refractivity contribution in [1.29, 1.82) is 0 Å². The molecule has 5 nitrogen and oxygen atoms in total. The number of ether oxygens (including phenoxy) is 1. The molecule has 2 aromatic carbocycles. The first-order valence-corrected chi connectivity index (χ1v) is 10.7. The van der Waals surface area contributed by atoms with E-state index in [-0.39, 0.29) is 0 Å². The molecule has 1 amide bonds. The van der Waals surface area contributed by atoms with Crippen molar-refractivity contribution >= 4 is 56.8 Å². The van der Waals surface area contributed by atoms with Gasteiger partial charge in [0.1, 0.15) is 0 Å². The van der Waals surface area contributed by atoms with Gasteiger partial charge in [-0.15, -0.1) is 0 Å². The fourth-order valence-corrected chi connectivity index (χ4v) is 4.26. The van der Waals surface area contributed by atoms with E-state index in [1.165, 1.54) is 18.4 Å². The van der Waals surface area contributed by atoms with Gasteiger partial charge in [0, 0.05) is 12.3 Å². The molecule has 0 N–H and O–H groups in total. The summed E-state index contributed by atoms with van der Waals surface area (Å²) in [6.45, 7) is 0.702. The number of hydrogen-bond acceptors (Lipinski definition) is 5. The Balaban J connectivity index is 2.13. The van der Waals surface area contributed by atoms with Crippen LogP contribution in [-0.2, 0) is 11.3 Å². The van der Waals surface area contributed by atoms with E-state index in [0.29, 0.717) is 27.5 Å². The number of methoxy groups -OCH3 is 1. The third-order valence-corrected chi connectivity index (χ3v) is 5.89. The van der Waals surface area contributed by atoms with Gasteiger partial charge in [0.15, 0.2) is 4.80 Å². The summed E-state index contributed by atoms with van der Waals surface area (Å²) in [6.07, 6.45) is 2.02. The summed E-state index contributed by atoms with van der Waals surface area (Å²) in [5, 5.41) is 0.371. The molecule has 0 saturated carbocycles. The number of aryl methyl sites for hydroxylation is 1. The second-order valence-corrected chi connectivity index (χ2v) is 8.00. The lowest BCUT2D eigenvalue weighted by Crippen LogP contribution is -2.18. The Morgan fingerprint density at radius 2 is 2.04 bits per heavy atom. The van der Waals surface area contributed by atoms with E-state index in [2.05, 4.69) is 4.99 Å². The zero-order valence-electron chi connectivity index (χ0n) is 14.8. The van der Waals surface area contributed by atoms with Crippen molar-refractivity contribution < 1.29 is 14.3 Å². The number of esters is 1. The van der Waals surface area contributed by atoms with Gasteiger partial charge >= 0.3 is 5.97 Å². The average Bonchev–Trinajstić information content (AvgIpc) is 3.01. The zero-order chi connectivity index (χ0) is 19.4. The number of nitrogens with zero attached hydrogens (tertiary/aromatic N) is 2. The van der Waals surface area contributed by atoms with Crippen LogP contribution in [0.4, 0.5) is 0 Å².